The number of rotatable bonds is 10. The van der Waals surface area contributed by atoms with Crippen molar-refractivity contribution in [3.63, 3.8) is 0 Å². The van der Waals surface area contributed by atoms with Gasteiger partial charge in [-0.3, -0.25) is 9.20 Å². The zero-order chi connectivity index (χ0) is 25.9. The van der Waals surface area contributed by atoms with E-state index < -0.39 is 0 Å². The minimum absolute atomic E-state index is 0.0142. The van der Waals surface area contributed by atoms with Crippen molar-refractivity contribution in [1.82, 2.24) is 19.7 Å². The molecule has 37 heavy (non-hydrogen) atoms. The smallest absolute Gasteiger partial charge is 0.251 e. The van der Waals surface area contributed by atoms with E-state index in [0.717, 1.165) is 59.1 Å². The summed E-state index contributed by atoms with van der Waals surface area (Å²) < 4.78 is 7.93. The highest BCUT2D eigenvalue weighted by atomic mass is 16.5. The molecule has 0 atom stereocenters. The first-order chi connectivity index (χ1) is 17.9. The van der Waals surface area contributed by atoms with Crippen molar-refractivity contribution < 1.29 is 9.53 Å². The number of anilines is 1. The SMILES string of the molecule is CC(C)CNc1nc(-c2ccc(OCC(C)C)cc2)cn2c(-c3ccc(C(=O)NC4CC4)cc3)cnc12. The zero-order valence-electron chi connectivity index (χ0n) is 22.0. The van der Waals surface area contributed by atoms with Gasteiger partial charge in [0.25, 0.3) is 5.91 Å². The van der Waals surface area contributed by atoms with Crippen LogP contribution < -0.4 is 15.4 Å². The maximum atomic E-state index is 12.4. The number of hydrogen-bond donors (Lipinski definition) is 2. The van der Waals surface area contributed by atoms with E-state index in [1.54, 1.807) is 0 Å². The fourth-order valence-corrected chi connectivity index (χ4v) is 4.03. The van der Waals surface area contributed by atoms with Crippen molar-refractivity contribution in [1.29, 1.82) is 0 Å². The number of fused-ring (bicyclic) bond motifs is 1. The summed E-state index contributed by atoms with van der Waals surface area (Å²) >= 11 is 0. The van der Waals surface area contributed by atoms with Gasteiger partial charge in [0.2, 0.25) is 0 Å². The number of carbonyl (C=O) groups is 1. The molecule has 7 heteroatoms. The lowest BCUT2D eigenvalue weighted by Crippen LogP contribution is -2.25. The Morgan fingerprint density at radius 3 is 2.35 bits per heavy atom. The van der Waals surface area contributed by atoms with E-state index in [1.807, 2.05) is 60.9 Å². The molecule has 0 spiro atoms. The summed E-state index contributed by atoms with van der Waals surface area (Å²) in [6, 6.07) is 16.1. The number of imidazole rings is 1. The Morgan fingerprint density at radius 1 is 1.00 bits per heavy atom. The predicted octanol–water partition coefficient (Wildman–Crippen LogP) is 6.06. The summed E-state index contributed by atoms with van der Waals surface area (Å²) in [5, 5.41) is 6.53. The highest BCUT2D eigenvalue weighted by Gasteiger charge is 2.23. The molecule has 192 valence electrons. The largest absolute Gasteiger partial charge is 0.493 e. The van der Waals surface area contributed by atoms with E-state index in [0.29, 0.717) is 30.0 Å². The quantitative estimate of drug-likeness (QED) is 0.278. The molecule has 1 aliphatic carbocycles. The minimum atomic E-state index is -0.0142. The van der Waals surface area contributed by atoms with Crippen LogP contribution >= 0.6 is 0 Å². The van der Waals surface area contributed by atoms with E-state index >= 15 is 0 Å². The Kier molecular flexibility index (Phi) is 7.12. The van der Waals surface area contributed by atoms with Crippen LogP contribution in [0.5, 0.6) is 5.75 Å². The average molecular weight is 498 g/mol. The van der Waals surface area contributed by atoms with Crippen molar-refractivity contribution in [2.45, 2.75) is 46.6 Å². The molecule has 7 nitrogen and oxygen atoms in total. The van der Waals surface area contributed by atoms with E-state index in [-0.39, 0.29) is 5.91 Å². The number of benzene rings is 2. The van der Waals surface area contributed by atoms with Gasteiger partial charge in [-0.15, -0.1) is 0 Å². The van der Waals surface area contributed by atoms with E-state index in [2.05, 4.69) is 42.7 Å². The van der Waals surface area contributed by atoms with Gasteiger partial charge in [-0.2, -0.15) is 0 Å². The molecular formula is C30H35N5O2. The highest BCUT2D eigenvalue weighted by Crippen LogP contribution is 2.29. The lowest BCUT2D eigenvalue weighted by Gasteiger charge is -2.13. The molecule has 1 fully saturated rings. The van der Waals surface area contributed by atoms with Crippen LogP contribution in [-0.2, 0) is 0 Å². The molecule has 0 bridgehead atoms. The van der Waals surface area contributed by atoms with Gasteiger partial charge in [0.15, 0.2) is 11.5 Å². The molecule has 5 rings (SSSR count). The van der Waals surface area contributed by atoms with Gasteiger partial charge in [-0.1, -0.05) is 39.8 Å². The molecule has 1 saturated carbocycles. The fraction of sp³-hybridized carbons (Fsp3) is 0.367. The Bertz CT molecular complexity index is 1370. The third-order valence-electron chi connectivity index (χ3n) is 6.26. The standard InChI is InChI=1S/C30H35N5O2/c1-19(2)15-31-28-29-32-16-27(22-5-7-23(8-6-22)30(36)33-24-11-12-24)35(29)17-26(34-28)21-9-13-25(14-10-21)37-18-20(3)4/h5-10,13-14,16-17,19-20,24H,11-12,15,18H2,1-4H3,(H,31,34)(H,33,36). The van der Waals surface area contributed by atoms with Crippen LogP contribution in [0.25, 0.3) is 28.2 Å². The molecular weight excluding hydrogens is 462 g/mol. The minimum Gasteiger partial charge on any atom is -0.493 e. The third kappa shape index (κ3) is 5.93. The number of ether oxygens (including phenoxy) is 1. The monoisotopic (exact) mass is 497 g/mol. The molecule has 2 heterocycles. The predicted molar refractivity (Wildman–Crippen MR) is 148 cm³/mol. The first-order valence-electron chi connectivity index (χ1n) is 13.1. The number of aromatic nitrogens is 3. The van der Waals surface area contributed by atoms with Crippen LogP contribution in [0, 0.1) is 11.8 Å². The first-order valence-corrected chi connectivity index (χ1v) is 13.1. The Hall–Kier alpha value is -3.87. The van der Waals surface area contributed by atoms with Gasteiger partial charge in [0, 0.05) is 35.5 Å². The number of nitrogens with zero attached hydrogens (tertiary/aromatic N) is 3. The summed E-state index contributed by atoms with van der Waals surface area (Å²) in [6.45, 7) is 10.1. The molecule has 0 unspecified atom stereocenters. The lowest BCUT2D eigenvalue weighted by molar-refractivity contribution is 0.0951. The van der Waals surface area contributed by atoms with Crippen LogP contribution in [0.4, 0.5) is 5.82 Å². The molecule has 0 aliphatic heterocycles. The topological polar surface area (TPSA) is 80.5 Å². The molecule has 2 aromatic heterocycles. The number of amides is 1. The van der Waals surface area contributed by atoms with Gasteiger partial charge in [0.1, 0.15) is 5.75 Å². The van der Waals surface area contributed by atoms with Gasteiger partial charge in [0.05, 0.1) is 24.2 Å². The number of nitrogens with one attached hydrogen (secondary N) is 2. The first kappa shape index (κ1) is 24.8. The van der Waals surface area contributed by atoms with Gasteiger partial charge in [-0.05, 0) is 61.1 Å². The highest BCUT2D eigenvalue weighted by molar-refractivity contribution is 5.95. The molecule has 1 amide bonds. The van der Waals surface area contributed by atoms with Crippen LogP contribution in [0.15, 0.2) is 60.9 Å². The lowest BCUT2D eigenvalue weighted by atomic mass is 10.1. The van der Waals surface area contributed by atoms with Gasteiger partial charge < -0.3 is 15.4 Å². The second kappa shape index (κ2) is 10.6. The van der Waals surface area contributed by atoms with Crippen molar-refractivity contribution in [3.05, 3.63) is 66.5 Å². The summed E-state index contributed by atoms with van der Waals surface area (Å²) in [5.41, 5.74) is 5.21. The molecule has 0 saturated heterocycles. The van der Waals surface area contributed by atoms with Crippen molar-refractivity contribution in [3.8, 4) is 28.3 Å². The van der Waals surface area contributed by atoms with Crippen molar-refractivity contribution in [2.24, 2.45) is 11.8 Å². The molecule has 0 radical (unpaired) electrons. The van der Waals surface area contributed by atoms with Gasteiger partial charge >= 0.3 is 0 Å². The normalized spacial score (nSPS) is 13.4. The maximum absolute atomic E-state index is 12.4. The van der Waals surface area contributed by atoms with Crippen LogP contribution in [0.3, 0.4) is 0 Å². The molecule has 4 aromatic rings. The second-order valence-corrected chi connectivity index (χ2v) is 10.6. The molecule has 1 aliphatic rings. The molecule has 2 aromatic carbocycles. The van der Waals surface area contributed by atoms with Crippen LogP contribution in [0.1, 0.15) is 50.9 Å². The zero-order valence-corrected chi connectivity index (χ0v) is 22.0. The second-order valence-electron chi connectivity index (χ2n) is 10.6. The number of carbonyl (C=O) groups excluding carboxylic acids is 1. The summed E-state index contributed by atoms with van der Waals surface area (Å²) in [5.74, 6) is 2.52. The van der Waals surface area contributed by atoms with Crippen molar-refractivity contribution >= 4 is 17.4 Å². The molecule has 2 N–H and O–H groups in total. The van der Waals surface area contributed by atoms with Crippen LogP contribution in [0.2, 0.25) is 0 Å². The van der Waals surface area contributed by atoms with E-state index in [9.17, 15) is 4.79 Å². The van der Waals surface area contributed by atoms with Crippen molar-refractivity contribution in [2.75, 3.05) is 18.5 Å². The summed E-state index contributed by atoms with van der Waals surface area (Å²) in [7, 11) is 0. The van der Waals surface area contributed by atoms with E-state index in [1.165, 1.54) is 0 Å². The number of hydrogen-bond acceptors (Lipinski definition) is 5. The average Bonchev–Trinajstić information content (AvgIpc) is 3.61. The Morgan fingerprint density at radius 2 is 1.70 bits per heavy atom. The summed E-state index contributed by atoms with van der Waals surface area (Å²) in [4.78, 5) is 22.1. The Labute approximate surface area is 218 Å². The van der Waals surface area contributed by atoms with E-state index in [4.69, 9.17) is 14.7 Å². The fourth-order valence-electron chi connectivity index (χ4n) is 4.03. The Balaban J connectivity index is 1.49. The van der Waals surface area contributed by atoms with Crippen LogP contribution in [-0.4, -0.2) is 39.5 Å². The maximum Gasteiger partial charge on any atom is 0.251 e. The third-order valence-corrected chi connectivity index (χ3v) is 6.26. The van der Waals surface area contributed by atoms with Gasteiger partial charge in [-0.25, -0.2) is 9.97 Å². The summed E-state index contributed by atoms with van der Waals surface area (Å²) in [6.07, 6.45) is 6.03.